The zero-order chi connectivity index (χ0) is 10.3. The molecule has 86 valence electrons. The van der Waals surface area contributed by atoms with E-state index in [4.69, 9.17) is 0 Å². The second-order valence-electron chi connectivity index (χ2n) is 5.00. The number of allylic oxidation sites excluding steroid dienone is 2. The maximum Gasteiger partial charge on any atom is -0.00173 e. The summed E-state index contributed by atoms with van der Waals surface area (Å²) in [6.45, 7) is 4.91. The lowest BCUT2D eigenvalue weighted by molar-refractivity contribution is 0.340. The minimum Gasteiger partial charge on any atom is -0.317 e. The number of nitrogens with one attached hydrogen (secondary N) is 2. The normalized spacial score (nSPS) is 28.1. The lowest BCUT2D eigenvalue weighted by Gasteiger charge is -2.24. The van der Waals surface area contributed by atoms with E-state index in [9.17, 15) is 0 Å². The largest absolute Gasteiger partial charge is 0.317 e. The summed E-state index contributed by atoms with van der Waals surface area (Å²) in [5.74, 6) is 1.82. The van der Waals surface area contributed by atoms with Gasteiger partial charge in [-0.05, 0) is 70.1 Å². The Morgan fingerprint density at radius 2 is 1.80 bits per heavy atom. The van der Waals surface area contributed by atoms with E-state index in [0.29, 0.717) is 0 Å². The molecule has 0 aromatic heterocycles. The standard InChI is InChI=1S/C13H24N2/c1-2-4-12(5-3-1)10-15-11-13-6-8-14-9-7-13/h1-2,12-15H,3-11H2. The number of piperidine rings is 1. The van der Waals surface area contributed by atoms with E-state index in [1.807, 2.05) is 0 Å². The first-order valence-corrected chi connectivity index (χ1v) is 6.51. The fourth-order valence-electron chi connectivity index (χ4n) is 2.62. The molecule has 0 radical (unpaired) electrons. The lowest BCUT2D eigenvalue weighted by Crippen LogP contribution is -2.35. The molecule has 1 aliphatic carbocycles. The molecule has 0 saturated carbocycles. The van der Waals surface area contributed by atoms with Crippen molar-refractivity contribution in [2.24, 2.45) is 11.8 Å². The lowest BCUT2D eigenvalue weighted by atomic mass is 9.93. The molecule has 0 amide bonds. The van der Waals surface area contributed by atoms with Gasteiger partial charge in [0.1, 0.15) is 0 Å². The van der Waals surface area contributed by atoms with Gasteiger partial charge in [-0.1, -0.05) is 12.2 Å². The highest BCUT2D eigenvalue weighted by molar-refractivity contribution is 4.90. The summed E-state index contributed by atoms with van der Waals surface area (Å²) in [7, 11) is 0. The van der Waals surface area contributed by atoms with Crippen molar-refractivity contribution in [2.75, 3.05) is 26.2 Å². The number of hydrogen-bond donors (Lipinski definition) is 2. The second-order valence-corrected chi connectivity index (χ2v) is 5.00. The summed E-state index contributed by atoms with van der Waals surface area (Å²) in [4.78, 5) is 0. The van der Waals surface area contributed by atoms with Crippen LogP contribution in [-0.2, 0) is 0 Å². The van der Waals surface area contributed by atoms with Crippen LogP contribution in [0.2, 0.25) is 0 Å². The van der Waals surface area contributed by atoms with E-state index in [2.05, 4.69) is 22.8 Å². The molecule has 2 aliphatic rings. The average molecular weight is 208 g/mol. The Morgan fingerprint density at radius 1 is 1.00 bits per heavy atom. The smallest absolute Gasteiger partial charge is 0.00173 e. The Morgan fingerprint density at radius 3 is 2.53 bits per heavy atom. The molecule has 0 bridgehead atoms. The SMILES string of the molecule is C1=CCC(CNCC2CCNCC2)CC1. The summed E-state index contributed by atoms with van der Waals surface area (Å²) >= 11 is 0. The van der Waals surface area contributed by atoms with E-state index in [1.165, 1.54) is 58.3 Å². The third-order valence-electron chi connectivity index (χ3n) is 3.70. The molecule has 1 heterocycles. The minimum atomic E-state index is 0.900. The van der Waals surface area contributed by atoms with Crippen LogP contribution in [0.5, 0.6) is 0 Å². The van der Waals surface area contributed by atoms with Crippen LogP contribution in [0.1, 0.15) is 32.1 Å². The van der Waals surface area contributed by atoms with Crippen molar-refractivity contribution >= 4 is 0 Å². The van der Waals surface area contributed by atoms with Crippen LogP contribution in [0.15, 0.2) is 12.2 Å². The molecule has 2 nitrogen and oxygen atoms in total. The Kier molecular flexibility index (Phi) is 4.68. The first kappa shape index (κ1) is 11.2. The summed E-state index contributed by atoms with van der Waals surface area (Å²) in [6, 6.07) is 0. The molecule has 0 spiro atoms. The zero-order valence-electron chi connectivity index (χ0n) is 9.67. The van der Waals surface area contributed by atoms with Gasteiger partial charge in [0.2, 0.25) is 0 Å². The molecule has 1 saturated heterocycles. The second kappa shape index (κ2) is 6.29. The molecule has 0 aromatic carbocycles. The Balaban J connectivity index is 1.55. The minimum absolute atomic E-state index is 0.900. The van der Waals surface area contributed by atoms with Crippen LogP contribution in [0, 0.1) is 11.8 Å². The van der Waals surface area contributed by atoms with Gasteiger partial charge in [-0.2, -0.15) is 0 Å². The maximum absolute atomic E-state index is 3.66. The first-order chi connectivity index (χ1) is 7.45. The highest BCUT2D eigenvalue weighted by Gasteiger charge is 2.14. The van der Waals surface area contributed by atoms with E-state index < -0.39 is 0 Å². The topological polar surface area (TPSA) is 24.1 Å². The maximum atomic E-state index is 3.66. The predicted molar refractivity (Wildman–Crippen MR) is 64.9 cm³/mol. The van der Waals surface area contributed by atoms with Gasteiger partial charge < -0.3 is 10.6 Å². The van der Waals surface area contributed by atoms with Crippen LogP contribution in [0.25, 0.3) is 0 Å². The van der Waals surface area contributed by atoms with Crippen LogP contribution in [0.4, 0.5) is 0 Å². The van der Waals surface area contributed by atoms with Crippen molar-refractivity contribution in [1.82, 2.24) is 10.6 Å². The van der Waals surface area contributed by atoms with Gasteiger partial charge in [-0.25, -0.2) is 0 Å². The van der Waals surface area contributed by atoms with Crippen LogP contribution < -0.4 is 10.6 Å². The van der Waals surface area contributed by atoms with Crippen LogP contribution >= 0.6 is 0 Å². The predicted octanol–water partition coefficient (Wildman–Crippen LogP) is 1.93. The summed E-state index contributed by atoms with van der Waals surface area (Å²) < 4.78 is 0. The van der Waals surface area contributed by atoms with Gasteiger partial charge in [0, 0.05) is 0 Å². The number of rotatable bonds is 4. The number of hydrogen-bond acceptors (Lipinski definition) is 2. The van der Waals surface area contributed by atoms with Crippen LogP contribution in [0.3, 0.4) is 0 Å². The third-order valence-corrected chi connectivity index (χ3v) is 3.70. The zero-order valence-corrected chi connectivity index (χ0v) is 9.67. The van der Waals surface area contributed by atoms with E-state index >= 15 is 0 Å². The van der Waals surface area contributed by atoms with E-state index in [0.717, 1.165) is 11.8 Å². The molecule has 2 rings (SSSR count). The van der Waals surface area contributed by atoms with E-state index in [-0.39, 0.29) is 0 Å². The van der Waals surface area contributed by atoms with Crippen molar-refractivity contribution in [3.63, 3.8) is 0 Å². The Labute approximate surface area is 93.5 Å². The molecule has 15 heavy (non-hydrogen) atoms. The van der Waals surface area contributed by atoms with Gasteiger partial charge in [-0.15, -0.1) is 0 Å². The Bertz CT molecular complexity index is 195. The molecule has 1 aliphatic heterocycles. The molecular formula is C13H24N2. The fraction of sp³-hybridized carbons (Fsp3) is 0.846. The van der Waals surface area contributed by atoms with Crippen molar-refractivity contribution in [3.05, 3.63) is 12.2 Å². The summed E-state index contributed by atoms with van der Waals surface area (Å²) in [5.41, 5.74) is 0. The Hall–Kier alpha value is -0.340. The van der Waals surface area contributed by atoms with Gasteiger partial charge >= 0.3 is 0 Å². The molecule has 0 aromatic rings. The molecule has 2 N–H and O–H groups in total. The van der Waals surface area contributed by atoms with Crippen molar-refractivity contribution < 1.29 is 0 Å². The quantitative estimate of drug-likeness (QED) is 0.690. The third kappa shape index (κ3) is 3.96. The van der Waals surface area contributed by atoms with E-state index in [1.54, 1.807) is 0 Å². The van der Waals surface area contributed by atoms with Gasteiger partial charge in [0.25, 0.3) is 0 Å². The molecular weight excluding hydrogens is 184 g/mol. The van der Waals surface area contributed by atoms with Crippen LogP contribution in [-0.4, -0.2) is 26.2 Å². The highest BCUT2D eigenvalue weighted by atomic mass is 14.9. The fourth-order valence-corrected chi connectivity index (χ4v) is 2.62. The molecule has 1 fully saturated rings. The monoisotopic (exact) mass is 208 g/mol. The summed E-state index contributed by atoms with van der Waals surface area (Å²) in [5, 5.41) is 7.08. The molecule has 2 heteroatoms. The van der Waals surface area contributed by atoms with Crippen molar-refractivity contribution in [2.45, 2.75) is 32.1 Å². The summed E-state index contributed by atoms with van der Waals surface area (Å²) in [6.07, 6.45) is 11.4. The van der Waals surface area contributed by atoms with Crippen molar-refractivity contribution in [1.29, 1.82) is 0 Å². The van der Waals surface area contributed by atoms with Gasteiger partial charge in [0.05, 0.1) is 0 Å². The average Bonchev–Trinajstić information content (AvgIpc) is 2.32. The first-order valence-electron chi connectivity index (χ1n) is 6.51. The molecule has 1 unspecified atom stereocenters. The van der Waals surface area contributed by atoms with Gasteiger partial charge in [0.15, 0.2) is 0 Å². The highest BCUT2D eigenvalue weighted by Crippen LogP contribution is 2.17. The molecule has 1 atom stereocenters. The van der Waals surface area contributed by atoms with Gasteiger partial charge in [-0.3, -0.25) is 0 Å². The van der Waals surface area contributed by atoms with Crippen molar-refractivity contribution in [3.8, 4) is 0 Å².